The number of ether oxygens (including phenoxy) is 1. The number of carbonyl (C=O) groups is 1. The molecule has 0 saturated heterocycles. The number of halogens is 2. The Morgan fingerprint density at radius 1 is 1.39 bits per heavy atom. The molecule has 0 spiro atoms. The lowest BCUT2D eigenvalue weighted by Gasteiger charge is -2.07. The first kappa shape index (κ1) is 13.1. The van der Waals surface area contributed by atoms with Crippen molar-refractivity contribution >= 4 is 33.3 Å². The van der Waals surface area contributed by atoms with Crippen molar-refractivity contribution < 1.29 is 9.53 Å². The summed E-state index contributed by atoms with van der Waals surface area (Å²) in [6.07, 6.45) is 1.54. The second-order valence-corrected chi connectivity index (χ2v) is 4.83. The lowest BCUT2D eigenvalue weighted by molar-refractivity contribution is 0.103. The molecule has 0 bridgehead atoms. The lowest BCUT2D eigenvalue weighted by atomic mass is 10.1. The van der Waals surface area contributed by atoms with Crippen molar-refractivity contribution in [3.63, 3.8) is 0 Å². The van der Waals surface area contributed by atoms with E-state index in [1.165, 1.54) is 7.11 Å². The Labute approximate surface area is 118 Å². The molecule has 0 saturated carbocycles. The standard InChI is InChI=1S/C13H9BrClNO2/c1-18-11-3-2-6-16-12(11)13(17)9-7-8(14)4-5-10(9)15/h2-7H,1H3. The van der Waals surface area contributed by atoms with Crippen LogP contribution < -0.4 is 4.74 Å². The Bertz CT molecular complexity index is 601. The van der Waals surface area contributed by atoms with E-state index in [1.807, 2.05) is 0 Å². The number of ketones is 1. The minimum absolute atomic E-state index is 0.250. The fourth-order valence-electron chi connectivity index (χ4n) is 1.52. The molecular formula is C13H9BrClNO2. The molecule has 0 unspecified atom stereocenters. The SMILES string of the molecule is COc1cccnc1C(=O)c1cc(Br)ccc1Cl. The molecule has 0 amide bonds. The van der Waals surface area contributed by atoms with E-state index in [9.17, 15) is 4.79 Å². The number of carbonyl (C=O) groups excluding carboxylic acids is 1. The molecule has 18 heavy (non-hydrogen) atoms. The van der Waals surface area contributed by atoms with Gasteiger partial charge in [0.05, 0.1) is 12.1 Å². The summed E-state index contributed by atoms with van der Waals surface area (Å²) in [6.45, 7) is 0. The van der Waals surface area contributed by atoms with E-state index in [-0.39, 0.29) is 11.5 Å². The molecule has 5 heteroatoms. The van der Waals surface area contributed by atoms with Crippen molar-refractivity contribution in [2.45, 2.75) is 0 Å². The van der Waals surface area contributed by atoms with Crippen LogP contribution in [0.25, 0.3) is 0 Å². The molecule has 1 aromatic carbocycles. The van der Waals surface area contributed by atoms with Gasteiger partial charge in [-0.1, -0.05) is 27.5 Å². The smallest absolute Gasteiger partial charge is 0.216 e. The fraction of sp³-hybridized carbons (Fsp3) is 0.0769. The lowest BCUT2D eigenvalue weighted by Crippen LogP contribution is -2.07. The molecule has 3 nitrogen and oxygen atoms in total. The number of hydrogen-bond donors (Lipinski definition) is 0. The third-order valence-electron chi connectivity index (χ3n) is 2.38. The van der Waals surface area contributed by atoms with Crippen LogP contribution in [0.2, 0.25) is 5.02 Å². The quantitative estimate of drug-likeness (QED) is 0.807. The Morgan fingerprint density at radius 2 is 2.17 bits per heavy atom. The van der Waals surface area contributed by atoms with Gasteiger partial charge >= 0.3 is 0 Å². The predicted molar refractivity (Wildman–Crippen MR) is 73.4 cm³/mol. The van der Waals surface area contributed by atoms with E-state index in [4.69, 9.17) is 16.3 Å². The van der Waals surface area contributed by atoms with Gasteiger partial charge in [-0.3, -0.25) is 4.79 Å². The number of pyridine rings is 1. The zero-order valence-corrected chi connectivity index (χ0v) is 11.8. The van der Waals surface area contributed by atoms with Crippen LogP contribution in [0.5, 0.6) is 5.75 Å². The van der Waals surface area contributed by atoms with E-state index in [0.717, 1.165) is 4.47 Å². The van der Waals surface area contributed by atoms with Gasteiger partial charge in [0.1, 0.15) is 5.75 Å². The van der Waals surface area contributed by atoms with Gasteiger partial charge in [-0.2, -0.15) is 0 Å². The Kier molecular flexibility index (Phi) is 3.99. The summed E-state index contributed by atoms with van der Waals surface area (Å²) in [4.78, 5) is 16.4. The molecule has 2 rings (SSSR count). The van der Waals surface area contributed by atoms with Crippen molar-refractivity contribution in [2.75, 3.05) is 7.11 Å². The fourth-order valence-corrected chi connectivity index (χ4v) is 2.09. The minimum atomic E-state index is -0.265. The van der Waals surface area contributed by atoms with Crippen LogP contribution in [0.4, 0.5) is 0 Å². The summed E-state index contributed by atoms with van der Waals surface area (Å²) in [5.74, 6) is 0.164. The zero-order valence-electron chi connectivity index (χ0n) is 9.48. The van der Waals surface area contributed by atoms with Gasteiger partial charge in [-0.05, 0) is 30.3 Å². The molecule has 1 aromatic heterocycles. The van der Waals surface area contributed by atoms with Crippen LogP contribution in [-0.2, 0) is 0 Å². The van der Waals surface area contributed by atoms with Gasteiger partial charge in [0.15, 0.2) is 5.69 Å². The van der Waals surface area contributed by atoms with Crippen molar-refractivity contribution in [2.24, 2.45) is 0 Å². The number of hydrogen-bond acceptors (Lipinski definition) is 3. The predicted octanol–water partition coefficient (Wildman–Crippen LogP) is 3.74. The van der Waals surface area contributed by atoms with Crippen LogP contribution in [0.15, 0.2) is 41.0 Å². The first-order valence-electron chi connectivity index (χ1n) is 5.12. The van der Waals surface area contributed by atoms with Gasteiger partial charge < -0.3 is 4.74 Å². The highest BCUT2D eigenvalue weighted by Crippen LogP contribution is 2.26. The Hall–Kier alpha value is -1.39. The molecule has 0 radical (unpaired) electrons. The minimum Gasteiger partial charge on any atom is -0.494 e. The summed E-state index contributed by atoms with van der Waals surface area (Å²) < 4.78 is 5.90. The van der Waals surface area contributed by atoms with E-state index in [2.05, 4.69) is 20.9 Å². The zero-order chi connectivity index (χ0) is 13.1. The summed E-state index contributed by atoms with van der Waals surface area (Å²) in [7, 11) is 1.50. The second-order valence-electron chi connectivity index (χ2n) is 3.51. The van der Waals surface area contributed by atoms with Crippen molar-refractivity contribution in [3.8, 4) is 5.75 Å². The molecule has 2 aromatic rings. The van der Waals surface area contributed by atoms with Crippen LogP contribution >= 0.6 is 27.5 Å². The second kappa shape index (κ2) is 5.50. The summed E-state index contributed by atoms with van der Waals surface area (Å²) in [5.41, 5.74) is 0.642. The average molecular weight is 327 g/mol. The number of methoxy groups -OCH3 is 1. The molecule has 0 N–H and O–H groups in total. The molecule has 92 valence electrons. The van der Waals surface area contributed by atoms with Gasteiger partial charge in [-0.25, -0.2) is 4.98 Å². The highest BCUT2D eigenvalue weighted by Gasteiger charge is 2.18. The average Bonchev–Trinajstić information content (AvgIpc) is 2.40. The largest absolute Gasteiger partial charge is 0.494 e. The van der Waals surface area contributed by atoms with Crippen LogP contribution in [0.1, 0.15) is 16.1 Å². The highest BCUT2D eigenvalue weighted by molar-refractivity contribution is 9.10. The van der Waals surface area contributed by atoms with Crippen molar-refractivity contribution in [3.05, 3.63) is 57.3 Å². The van der Waals surface area contributed by atoms with Crippen molar-refractivity contribution in [1.29, 1.82) is 0 Å². The summed E-state index contributed by atoms with van der Waals surface area (Å²) >= 11 is 9.34. The Morgan fingerprint density at radius 3 is 2.89 bits per heavy atom. The van der Waals surface area contributed by atoms with Crippen LogP contribution in [-0.4, -0.2) is 17.9 Å². The number of benzene rings is 1. The molecule has 1 heterocycles. The number of nitrogens with zero attached hydrogens (tertiary/aromatic N) is 1. The molecule has 0 fully saturated rings. The van der Waals surface area contributed by atoms with Gasteiger partial charge in [-0.15, -0.1) is 0 Å². The molecule has 0 aliphatic rings. The van der Waals surface area contributed by atoms with Crippen LogP contribution in [0, 0.1) is 0 Å². The van der Waals surface area contributed by atoms with E-state index < -0.39 is 0 Å². The number of aromatic nitrogens is 1. The van der Waals surface area contributed by atoms with E-state index in [1.54, 1.807) is 36.5 Å². The monoisotopic (exact) mass is 325 g/mol. The normalized spacial score (nSPS) is 10.2. The summed E-state index contributed by atoms with van der Waals surface area (Å²) in [6, 6.07) is 8.49. The first-order chi connectivity index (χ1) is 8.63. The maximum atomic E-state index is 12.4. The maximum Gasteiger partial charge on any atom is 0.216 e. The first-order valence-corrected chi connectivity index (χ1v) is 6.29. The third-order valence-corrected chi connectivity index (χ3v) is 3.20. The van der Waals surface area contributed by atoms with Gasteiger partial charge in [0.2, 0.25) is 5.78 Å². The maximum absolute atomic E-state index is 12.4. The molecule has 0 aliphatic heterocycles. The van der Waals surface area contributed by atoms with E-state index >= 15 is 0 Å². The van der Waals surface area contributed by atoms with Crippen molar-refractivity contribution in [1.82, 2.24) is 4.98 Å². The van der Waals surface area contributed by atoms with Crippen LogP contribution in [0.3, 0.4) is 0 Å². The number of rotatable bonds is 3. The Balaban J connectivity index is 2.51. The summed E-state index contributed by atoms with van der Waals surface area (Å²) in [5, 5.41) is 0.385. The topological polar surface area (TPSA) is 39.2 Å². The molecule has 0 aliphatic carbocycles. The highest BCUT2D eigenvalue weighted by atomic mass is 79.9. The molecule has 0 atom stereocenters. The van der Waals surface area contributed by atoms with Gasteiger partial charge in [0.25, 0.3) is 0 Å². The molecular weight excluding hydrogens is 318 g/mol. The third kappa shape index (κ3) is 2.54. The van der Waals surface area contributed by atoms with Gasteiger partial charge in [0, 0.05) is 16.2 Å². The van der Waals surface area contributed by atoms with E-state index in [0.29, 0.717) is 16.3 Å².